The van der Waals surface area contributed by atoms with E-state index in [1.54, 1.807) is 0 Å². The number of rotatable bonds is 2. The van der Waals surface area contributed by atoms with Crippen LogP contribution < -0.4 is 5.73 Å². The summed E-state index contributed by atoms with van der Waals surface area (Å²) in [5, 5.41) is 0. The van der Waals surface area contributed by atoms with E-state index in [-0.39, 0.29) is 5.54 Å². The Hall–Kier alpha value is -0.120. The number of hydrogen-bond acceptors (Lipinski definition) is 3. The van der Waals surface area contributed by atoms with E-state index in [1.807, 2.05) is 0 Å². The van der Waals surface area contributed by atoms with Gasteiger partial charge in [0.1, 0.15) is 0 Å². The molecule has 0 aliphatic carbocycles. The molecule has 0 aromatic heterocycles. The third kappa shape index (κ3) is 2.92. The fourth-order valence-corrected chi connectivity index (χ4v) is 2.95. The zero-order chi connectivity index (χ0) is 10.9. The Kier molecular flexibility index (Phi) is 3.06. The van der Waals surface area contributed by atoms with Crippen LogP contribution in [0, 0.1) is 5.41 Å². The number of nitrogens with two attached hydrogens (primary N) is 1. The van der Waals surface area contributed by atoms with Crippen molar-refractivity contribution in [3.63, 3.8) is 0 Å². The number of ether oxygens (including phenoxy) is 1. The lowest BCUT2D eigenvalue weighted by atomic mass is 9.80. The van der Waals surface area contributed by atoms with E-state index in [1.165, 1.54) is 32.4 Å². The topological polar surface area (TPSA) is 38.5 Å². The van der Waals surface area contributed by atoms with Crippen molar-refractivity contribution in [2.75, 3.05) is 32.8 Å². The standard InChI is InChI=1S/C12H24N2O/c1-11(2,13)9-14-6-3-12(10-14)4-7-15-8-5-12/h3-10,13H2,1-2H3. The Morgan fingerprint density at radius 2 is 1.93 bits per heavy atom. The van der Waals surface area contributed by atoms with Crippen molar-refractivity contribution in [3.8, 4) is 0 Å². The molecule has 2 aliphatic heterocycles. The molecule has 0 aromatic carbocycles. The first kappa shape index (κ1) is 11.4. The highest BCUT2D eigenvalue weighted by atomic mass is 16.5. The smallest absolute Gasteiger partial charge is 0.0471 e. The van der Waals surface area contributed by atoms with Crippen LogP contribution in [0.5, 0.6) is 0 Å². The van der Waals surface area contributed by atoms with E-state index in [2.05, 4.69) is 18.7 Å². The molecule has 0 unspecified atom stereocenters. The van der Waals surface area contributed by atoms with Gasteiger partial charge in [-0.05, 0) is 45.1 Å². The molecule has 0 amide bonds. The van der Waals surface area contributed by atoms with Gasteiger partial charge in [-0.25, -0.2) is 0 Å². The number of likely N-dealkylation sites (tertiary alicyclic amines) is 1. The molecule has 2 aliphatic rings. The second kappa shape index (κ2) is 4.04. The largest absolute Gasteiger partial charge is 0.381 e. The summed E-state index contributed by atoms with van der Waals surface area (Å²) in [7, 11) is 0. The monoisotopic (exact) mass is 212 g/mol. The van der Waals surface area contributed by atoms with Gasteiger partial charge in [-0.2, -0.15) is 0 Å². The van der Waals surface area contributed by atoms with E-state index >= 15 is 0 Å². The van der Waals surface area contributed by atoms with Crippen molar-refractivity contribution in [2.45, 2.75) is 38.6 Å². The van der Waals surface area contributed by atoms with Crippen molar-refractivity contribution in [1.29, 1.82) is 0 Å². The highest BCUT2D eigenvalue weighted by molar-refractivity contribution is 4.93. The normalized spacial score (nSPS) is 27.4. The fourth-order valence-electron chi connectivity index (χ4n) is 2.95. The molecule has 3 nitrogen and oxygen atoms in total. The lowest BCUT2D eigenvalue weighted by molar-refractivity contribution is 0.0187. The molecule has 0 bridgehead atoms. The van der Waals surface area contributed by atoms with Crippen molar-refractivity contribution in [3.05, 3.63) is 0 Å². The van der Waals surface area contributed by atoms with Gasteiger partial charge < -0.3 is 15.4 Å². The van der Waals surface area contributed by atoms with Crippen LogP contribution in [-0.4, -0.2) is 43.3 Å². The van der Waals surface area contributed by atoms with E-state index in [4.69, 9.17) is 10.5 Å². The van der Waals surface area contributed by atoms with Crippen LogP contribution in [0.2, 0.25) is 0 Å². The van der Waals surface area contributed by atoms with Gasteiger partial charge in [0.25, 0.3) is 0 Å². The maximum atomic E-state index is 6.07. The summed E-state index contributed by atoms with van der Waals surface area (Å²) in [5.74, 6) is 0. The summed E-state index contributed by atoms with van der Waals surface area (Å²) >= 11 is 0. The van der Waals surface area contributed by atoms with E-state index in [0.29, 0.717) is 5.41 Å². The molecule has 2 N–H and O–H groups in total. The first-order valence-electron chi connectivity index (χ1n) is 6.08. The molecule has 2 rings (SSSR count). The minimum atomic E-state index is -0.0588. The van der Waals surface area contributed by atoms with E-state index in [9.17, 15) is 0 Å². The van der Waals surface area contributed by atoms with Gasteiger partial charge in [0, 0.05) is 31.8 Å². The Bertz CT molecular complexity index is 216. The predicted molar refractivity (Wildman–Crippen MR) is 61.8 cm³/mol. The molecule has 0 aromatic rings. The Morgan fingerprint density at radius 1 is 1.27 bits per heavy atom. The Morgan fingerprint density at radius 3 is 2.53 bits per heavy atom. The summed E-state index contributed by atoms with van der Waals surface area (Å²) in [6.07, 6.45) is 3.83. The van der Waals surface area contributed by atoms with Crippen LogP contribution in [0.15, 0.2) is 0 Å². The summed E-state index contributed by atoms with van der Waals surface area (Å²) in [4.78, 5) is 2.53. The average molecular weight is 212 g/mol. The summed E-state index contributed by atoms with van der Waals surface area (Å²) < 4.78 is 5.45. The summed E-state index contributed by atoms with van der Waals surface area (Å²) in [6, 6.07) is 0. The molecule has 1 spiro atoms. The quantitative estimate of drug-likeness (QED) is 0.748. The van der Waals surface area contributed by atoms with Gasteiger partial charge in [0.15, 0.2) is 0 Å². The maximum Gasteiger partial charge on any atom is 0.0471 e. The molecular formula is C12H24N2O. The molecule has 2 heterocycles. The van der Waals surface area contributed by atoms with Crippen molar-refractivity contribution >= 4 is 0 Å². The second-order valence-corrected chi connectivity index (χ2v) is 6.06. The molecule has 0 radical (unpaired) electrons. The van der Waals surface area contributed by atoms with Crippen LogP contribution in [0.1, 0.15) is 33.1 Å². The summed E-state index contributed by atoms with van der Waals surface area (Å²) in [5.41, 5.74) is 6.57. The third-order valence-corrected chi connectivity index (χ3v) is 3.70. The number of nitrogens with zero attached hydrogens (tertiary/aromatic N) is 1. The van der Waals surface area contributed by atoms with Crippen LogP contribution in [0.3, 0.4) is 0 Å². The molecule has 88 valence electrons. The van der Waals surface area contributed by atoms with Crippen LogP contribution >= 0.6 is 0 Å². The molecule has 3 heteroatoms. The molecule has 2 fully saturated rings. The Balaban J connectivity index is 1.88. The molecule has 15 heavy (non-hydrogen) atoms. The minimum Gasteiger partial charge on any atom is -0.381 e. The van der Waals surface area contributed by atoms with Gasteiger partial charge in [0.2, 0.25) is 0 Å². The van der Waals surface area contributed by atoms with Gasteiger partial charge >= 0.3 is 0 Å². The van der Waals surface area contributed by atoms with E-state index in [0.717, 1.165) is 19.8 Å². The lowest BCUT2D eigenvalue weighted by Gasteiger charge is -2.34. The molecule has 0 saturated carbocycles. The van der Waals surface area contributed by atoms with Gasteiger partial charge in [0.05, 0.1) is 0 Å². The molecule has 2 saturated heterocycles. The highest BCUT2D eigenvalue weighted by Gasteiger charge is 2.39. The maximum absolute atomic E-state index is 6.07. The number of hydrogen-bond donors (Lipinski definition) is 1. The fraction of sp³-hybridized carbons (Fsp3) is 1.00. The van der Waals surface area contributed by atoms with Gasteiger partial charge in [-0.15, -0.1) is 0 Å². The van der Waals surface area contributed by atoms with Crippen molar-refractivity contribution < 1.29 is 4.74 Å². The summed E-state index contributed by atoms with van der Waals surface area (Å²) in [6.45, 7) is 9.62. The van der Waals surface area contributed by atoms with Gasteiger partial charge in [-0.1, -0.05) is 0 Å². The zero-order valence-electron chi connectivity index (χ0n) is 10.1. The first-order valence-corrected chi connectivity index (χ1v) is 6.08. The van der Waals surface area contributed by atoms with Crippen molar-refractivity contribution in [1.82, 2.24) is 4.90 Å². The molecule has 0 atom stereocenters. The SMILES string of the molecule is CC(C)(N)CN1CCC2(CCOCC2)C1. The highest BCUT2D eigenvalue weighted by Crippen LogP contribution is 2.39. The van der Waals surface area contributed by atoms with Gasteiger partial charge in [-0.3, -0.25) is 0 Å². The van der Waals surface area contributed by atoms with Crippen molar-refractivity contribution in [2.24, 2.45) is 11.1 Å². The first-order chi connectivity index (χ1) is 6.99. The van der Waals surface area contributed by atoms with Crippen LogP contribution in [-0.2, 0) is 4.74 Å². The second-order valence-electron chi connectivity index (χ2n) is 6.06. The van der Waals surface area contributed by atoms with E-state index < -0.39 is 0 Å². The minimum absolute atomic E-state index is 0.0588. The third-order valence-electron chi connectivity index (χ3n) is 3.70. The zero-order valence-corrected chi connectivity index (χ0v) is 10.1. The van der Waals surface area contributed by atoms with Crippen LogP contribution in [0.4, 0.5) is 0 Å². The van der Waals surface area contributed by atoms with Crippen LogP contribution in [0.25, 0.3) is 0 Å². The lowest BCUT2D eigenvalue weighted by Crippen LogP contribution is -2.45. The Labute approximate surface area is 93.0 Å². The molecular weight excluding hydrogens is 188 g/mol. The average Bonchev–Trinajstić information content (AvgIpc) is 2.47. The predicted octanol–water partition coefficient (Wildman–Crippen LogP) is 1.23.